The van der Waals surface area contributed by atoms with E-state index in [-0.39, 0.29) is 5.56 Å². The second kappa shape index (κ2) is 5.62. The molecule has 0 aliphatic carbocycles. The summed E-state index contributed by atoms with van der Waals surface area (Å²) in [6, 6.07) is 15.1. The number of nitrogens with zero attached hydrogens (tertiary/aromatic N) is 2. The molecule has 4 rings (SSSR count). The van der Waals surface area contributed by atoms with E-state index < -0.39 is 11.6 Å². The van der Waals surface area contributed by atoms with E-state index in [1.807, 2.05) is 47.2 Å². The molecule has 0 fully saturated rings. The van der Waals surface area contributed by atoms with Crippen molar-refractivity contribution in [3.8, 4) is 0 Å². The minimum Gasteiger partial charge on any atom is -0.478 e. The van der Waals surface area contributed by atoms with Gasteiger partial charge in [0.2, 0.25) is 0 Å². The number of hydrogen-bond donors (Lipinski definition) is 1. The van der Waals surface area contributed by atoms with Gasteiger partial charge in [-0.3, -0.25) is 0 Å². The van der Waals surface area contributed by atoms with E-state index in [2.05, 4.69) is 4.98 Å². The van der Waals surface area contributed by atoms with Gasteiger partial charge in [0, 0.05) is 12.4 Å². The fourth-order valence-corrected chi connectivity index (χ4v) is 3.30. The molecule has 0 spiro atoms. The maximum absolute atomic E-state index is 11.4. The van der Waals surface area contributed by atoms with Gasteiger partial charge in [-0.25, -0.2) is 9.78 Å². The van der Waals surface area contributed by atoms with Gasteiger partial charge >= 0.3 is 5.97 Å². The fraction of sp³-hybridized carbons (Fsp3) is 0.158. The largest absolute Gasteiger partial charge is 0.478 e. The molecular formula is C19H16N2O3. The van der Waals surface area contributed by atoms with Crippen LogP contribution in [-0.2, 0) is 23.5 Å². The summed E-state index contributed by atoms with van der Waals surface area (Å²) in [6.07, 6.45) is 5.35. The van der Waals surface area contributed by atoms with Crippen LogP contribution in [0.15, 0.2) is 67.3 Å². The molecule has 24 heavy (non-hydrogen) atoms. The van der Waals surface area contributed by atoms with E-state index in [4.69, 9.17) is 4.74 Å². The molecule has 0 saturated carbocycles. The van der Waals surface area contributed by atoms with Crippen LogP contribution in [0.4, 0.5) is 0 Å². The Labute approximate surface area is 139 Å². The van der Waals surface area contributed by atoms with Gasteiger partial charge < -0.3 is 14.4 Å². The van der Waals surface area contributed by atoms with E-state index in [1.54, 1.807) is 24.7 Å². The summed E-state index contributed by atoms with van der Waals surface area (Å²) < 4.78 is 8.22. The van der Waals surface area contributed by atoms with E-state index in [0.29, 0.717) is 13.2 Å². The number of aromatic carboxylic acids is 1. The van der Waals surface area contributed by atoms with Crippen LogP contribution in [0.1, 0.15) is 27.0 Å². The van der Waals surface area contributed by atoms with Gasteiger partial charge in [-0.1, -0.05) is 36.4 Å². The number of fused-ring (bicyclic) bond motifs is 1. The van der Waals surface area contributed by atoms with E-state index >= 15 is 0 Å². The van der Waals surface area contributed by atoms with Crippen molar-refractivity contribution in [2.24, 2.45) is 0 Å². The monoisotopic (exact) mass is 320 g/mol. The second-order valence-corrected chi connectivity index (χ2v) is 5.89. The molecule has 5 heteroatoms. The predicted molar refractivity (Wildman–Crippen MR) is 87.6 cm³/mol. The lowest BCUT2D eigenvalue weighted by Crippen LogP contribution is -2.32. The molecule has 1 aliphatic rings. The zero-order valence-electron chi connectivity index (χ0n) is 12.9. The Morgan fingerprint density at radius 1 is 1.25 bits per heavy atom. The Kier molecular flexibility index (Phi) is 3.43. The van der Waals surface area contributed by atoms with Crippen molar-refractivity contribution in [2.45, 2.75) is 18.8 Å². The number of benzene rings is 2. The van der Waals surface area contributed by atoms with Crippen LogP contribution in [0.3, 0.4) is 0 Å². The van der Waals surface area contributed by atoms with E-state index in [9.17, 15) is 9.90 Å². The Balaban J connectivity index is 1.90. The Bertz CT molecular complexity index is 875. The van der Waals surface area contributed by atoms with Gasteiger partial charge in [0.05, 0.1) is 25.0 Å². The van der Waals surface area contributed by atoms with Crippen LogP contribution >= 0.6 is 0 Å². The van der Waals surface area contributed by atoms with Gasteiger partial charge in [0.15, 0.2) is 0 Å². The number of carbonyl (C=O) groups is 1. The van der Waals surface area contributed by atoms with Crippen molar-refractivity contribution in [3.63, 3.8) is 0 Å². The van der Waals surface area contributed by atoms with Crippen molar-refractivity contribution in [3.05, 3.63) is 89.5 Å². The van der Waals surface area contributed by atoms with Crippen LogP contribution in [0.5, 0.6) is 0 Å². The third-order valence-corrected chi connectivity index (χ3v) is 4.47. The van der Waals surface area contributed by atoms with Crippen molar-refractivity contribution in [2.75, 3.05) is 0 Å². The molecule has 2 heterocycles. The normalized spacial score (nSPS) is 19.2. The third-order valence-electron chi connectivity index (χ3n) is 4.47. The van der Waals surface area contributed by atoms with Crippen molar-refractivity contribution in [1.82, 2.24) is 9.55 Å². The minimum atomic E-state index is -0.936. The van der Waals surface area contributed by atoms with Crippen LogP contribution in [0.25, 0.3) is 0 Å². The summed E-state index contributed by atoms with van der Waals surface area (Å²) >= 11 is 0. The fourth-order valence-electron chi connectivity index (χ4n) is 3.30. The maximum Gasteiger partial charge on any atom is 0.335 e. The zero-order valence-corrected chi connectivity index (χ0v) is 12.9. The molecule has 0 bridgehead atoms. The van der Waals surface area contributed by atoms with Crippen LogP contribution in [0, 0.1) is 0 Å². The number of carboxylic acids is 1. The average molecular weight is 320 g/mol. The SMILES string of the molecule is O=C(O)c1ccc2c(c1)C(Cn1ccnc1)(c1ccccc1)OC2. The standard InChI is InChI=1S/C19H16N2O3/c22-18(23)14-6-7-15-11-24-19(17(15)10-14,12-21-9-8-20-13-21)16-4-2-1-3-5-16/h1-10,13H,11-12H2,(H,22,23). The first-order valence-electron chi connectivity index (χ1n) is 7.71. The summed E-state index contributed by atoms with van der Waals surface area (Å²) in [5, 5.41) is 9.36. The smallest absolute Gasteiger partial charge is 0.335 e. The molecule has 1 N–H and O–H groups in total. The molecule has 0 radical (unpaired) electrons. The number of ether oxygens (including phenoxy) is 1. The van der Waals surface area contributed by atoms with Crippen LogP contribution in [0.2, 0.25) is 0 Å². The lowest BCUT2D eigenvalue weighted by molar-refractivity contribution is -0.0181. The molecule has 120 valence electrons. The summed E-state index contributed by atoms with van der Waals surface area (Å²) in [4.78, 5) is 15.5. The molecule has 2 aromatic carbocycles. The van der Waals surface area contributed by atoms with Crippen LogP contribution < -0.4 is 0 Å². The summed E-state index contributed by atoms with van der Waals surface area (Å²) in [5.74, 6) is -0.936. The number of hydrogen-bond acceptors (Lipinski definition) is 3. The number of rotatable bonds is 4. The van der Waals surface area contributed by atoms with Crippen molar-refractivity contribution < 1.29 is 14.6 Å². The average Bonchev–Trinajstić information content (AvgIpc) is 3.24. The van der Waals surface area contributed by atoms with Crippen molar-refractivity contribution in [1.29, 1.82) is 0 Å². The third kappa shape index (κ3) is 2.30. The molecule has 1 atom stereocenters. The van der Waals surface area contributed by atoms with Gasteiger partial charge in [0.1, 0.15) is 5.60 Å². The van der Waals surface area contributed by atoms with E-state index in [1.165, 1.54) is 0 Å². The van der Waals surface area contributed by atoms with Gasteiger partial charge in [-0.15, -0.1) is 0 Å². The van der Waals surface area contributed by atoms with Crippen LogP contribution in [-0.4, -0.2) is 20.6 Å². The highest BCUT2D eigenvalue weighted by Crippen LogP contribution is 2.43. The minimum absolute atomic E-state index is 0.269. The lowest BCUT2D eigenvalue weighted by Gasteiger charge is -2.31. The maximum atomic E-state index is 11.4. The topological polar surface area (TPSA) is 64.3 Å². The number of imidazole rings is 1. The molecule has 5 nitrogen and oxygen atoms in total. The van der Waals surface area contributed by atoms with Gasteiger partial charge in [0.25, 0.3) is 0 Å². The highest BCUT2D eigenvalue weighted by molar-refractivity contribution is 5.88. The van der Waals surface area contributed by atoms with Gasteiger partial charge in [-0.05, 0) is 28.8 Å². The number of carboxylic acid groups (broad SMARTS) is 1. The summed E-state index contributed by atoms with van der Waals surface area (Å²) in [6.45, 7) is 0.992. The van der Waals surface area contributed by atoms with Crippen molar-refractivity contribution >= 4 is 5.97 Å². The molecule has 1 aliphatic heterocycles. The van der Waals surface area contributed by atoms with Gasteiger partial charge in [-0.2, -0.15) is 0 Å². The first-order valence-corrected chi connectivity index (χ1v) is 7.71. The molecule has 1 aromatic heterocycles. The molecule has 0 amide bonds. The highest BCUT2D eigenvalue weighted by Gasteiger charge is 2.42. The second-order valence-electron chi connectivity index (χ2n) is 5.89. The highest BCUT2D eigenvalue weighted by atomic mass is 16.5. The zero-order chi connectivity index (χ0) is 16.6. The first-order chi connectivity index (χ1) is 11.7. The molecule has 0 saturated heterocycles. The molecular weight excluding hydrogens is 304 g/mol. The summed E-state index contributed by atoms with van der Waals surface area (Å²) in [7, 11) is 0. The Hall–Kier alpha value is -2.92. The molecule has 3 aromatic rings. The quantitative estimate of drug-likeness (QED) is 0.802. The number of aromatic nitrogens is 2. The predicted octanol–water partition coefficient (Wildman–Crippen LogP) is 3.06. The summed E-state index contributed by atoms with van der Waals surface area (Å²) in [5.41, 5.74) is 2.47. The first kappa shape index (κ1) is 14.7. The Morgan fingerprint density at radius 3 is 2.79 bits per heavy atom. The van der Waals surface area contributed by atoms with E-state index in [0.717, 1.165) is 16.7 Å². The molecule has 1 unspecified atom stereocenters. The lowest BCUT2D eigenvalue weighted by atomic mass is 9.84. The Morgan fingerprint density at radius 2 is 2.08 bits per heavy atom.